The molecule has 5 fully saturated rings. The van der Waals surface area contributed by atoms with Crippen molar-refractivity contribution in [2.24, 2.45) is 0 Å². The predicted octanol–water partition coefficient (Wildman–Crippen LogP) is 18.1. The maximum atomic E-state index is 13.4. The molecule has 0 aliphatic carbocycles. The molecule has 0 aromatic heterocycles. The van der Waals surface area contributed by atoms with Crippen LogP contribution in [0, 0.1) is 23.3 Å². The van der Waals surface area contributed by atoms with Crippen molar-refractivity contribution in [1.82, 2.24) is 21.3 Å². The summed E-state index contributed by atoms with van der Waals surface area (Å²) in [5.74, 6) is -1.28. The van der Waals surface area contributed by atoms with Gasteiger partial charge < -0.3 is 107 Å². The van der Waals surface area contributed by atoms with E-state index in [0.29, 0.717) is 140 Å². The highest BCUT2D eigenvalue weighted by atomic mass is 31.2. The Balaban J connectivity index is 0.000000144. The number of nitrogens with zero attached hydrogens (tertiary/aromatic N) is 4. The number of halogens is 4. The first-order valence-corrected chi connectivity index (χ1v) is 50.3. The molecule has 5 aliphatic heterocycles. The Labute approximate surface area is 861 Å². The normalized spacial score (nSPS) is 21.2. The largest absolute Gasteiger partial charge is 0.508 e. The number of amides is 8. The van der Waals surface area contributed by atoms with Gasteiger partial charge in [0.15, 0.2) is 0 Å². The molecule has 5 saturated heterocycles. The van der Waals surface area contributed by atoms with Gasteiger partial charge in [0.1, 0.15) is 88.3 Å². The van der Waals surface area contributed by atoms with E-state index in [1.807, 2.05) is 103 Å². The maximum absolute atomic E-state index is 13.4. The molecule has 150 heavy (non-hydrogen) atoms. The van der Waals surface area contributed by atoms with E-state index in [4.69, 9.17) is 9.47 Å². The lowest BCUT2D eigenvalue weighted by molar-refractivity contribution is -0.231. The summed E-state index contributed by atoms with van der Waals surface area (Å²) < 4.78 is 75.4. The quantitative estimate of drug-likeness (QED) is 0.0147. The van der Waals surface area contributed by atoms with Crippen molar-refractivity contribution in [1.29, 1.82) is 0 Å². The third-order valence-corrected chi connectivity index (χ3v) is 28.5. The molecule has 14 aromatic carbocycles. The van der Waals surface area contributed by atoms with E-state index in [1.54, 1.807) is 141 Å². The summed E-state index contributed by atoms with van der Waals surface area (Å²) in [7, 11) is -2.86. The number of aliphatic hydroxyl groups is 8. The van der Waals surface area contributed by atoms with Crippen LogP contribution < -0.4 is 50.9 Å². The van der Waals surface area contributed by atoms with E-state index in [2.05, 4.69) is 21.3 Å². The number of carbonyl (C=O) groups is 4. The molecule has 778 valence electrons. The van der Waals surface area contributed by atoms with Gasteiger partial charge in [-0.2, -0.15) is 0 Å². The van der Waals surface area contributed by atoms with Crippen molar-refractivity contribution in [3.8, 4) is 56.8 Å². The second-order valence-corrected chi connectivity index (χ2v) is 38.7. The van der Waals surface area contributed by atoms with Gasteiger partial charge in [-0.15, -0.1) is 0 Å². The number of ether oxygens (including phenoxy) is 2. The Morgan fingerprint density at radius 3 is 0.900 bits per heavy atom. The number of hydrogen-bond acceptors (Lipinski definition) is 20. The molecular formula is C115H113F4N8O22P. The van der Waals surface area contributed by atoms with Crippen molar-refractivity contribution in [3.63, 3.8) is 0 Å². The summed E-state index contributed by atoms with van der Waals surface area (Å²) in [4.78, 5) is 77.5. The number of methoxy groups -OCH3 is 1. The van der Waals surface area contributed by atoms with Crippen molar-refractivity contribution in [2.45, 2.75) is 155 Å². The number of para-hydroxylation sites is 4. The molecular weight excluding hydrogens is 1950 g/mol. The third-order valence-electron chi connectivity index (χ3n) is 27.5. The fourth-order valence-electron chi connectivity index (χ4n) is 19.7. The number of rotatable bonds is 30. The molecule has 19 rings (SSSR count). The molecule has 0 bridgehead atoms. The van der Waals surface area contributed by atoms with Gasteiger partial charge in [0.25, 0.3) is 0 Å². The molecule has 35 heteroatoms. The minimum atomic E-state index is -4.37. The van der Waals surface area contributed by atoms with Gasteiger partial charge in [0, 0.05) is 57.1 Å². The number of nitrogens with one attached hydrogen (secondary N) is 4. The minimum absolute atomic E-state index is 0.0239. The van der Waals surface area contributed by atoms with Crippen LogP contribution in [0.4, 0.5) is 59.5 Å². The monoisotopic (exact) mass is 2060 g/mol. The zero-order chi connectivity index (χ0) is 106. The van der Waals surface area contributed by atoms with E-state index < -0.39 is 123 Å². The summed E-state index contributed by atoms with van der Waals surface area (Å²) in [5, 5.41) is 148. The Kier molecular flexibility index (Phi) is 34.4. The van der Waals surface area contributed by atoms with E-state index in [0.717, 1.165) is 5.56 Å². The van der Waals surface area contributed by atoms with Gasteiger partial charge in [-0.1, -0.05) is 182 Å². The summed E-state index contributed by atoms with van der Waals surface area (Å²) in [5.41, 5.74) is 10.3. The van der Waals surface area contributed by atoms with Crippen LogP contribution in [0.2, 0.25) is 0 Å². The highest BCUT2D eigenvalue weighted by Gasteiger charge is 2.49. The Morgan fingerprint density at radius 2 is 0.620 bits per heavy atom. The molecule has 0 radical (unpaired) electrons. The van der Waals surface area contributed by atoms with Gasteiger partial charge in [-0.25, -0.2) is 36.7 Å². The number of aromatic hydroxyl groups is 5. The van der Waals surface area contributed by atoms with Gasteiger partial charge in [-0.05, 0) is 247 Å². The van der Waals surface area contributed by atoms with Crippen molar-refractivity contribution in [3.05, 3.63) is 413 Å². The predicted molar refractivity (Wildman–Crippen MR) is 554 cm³/mol. The summed E-state index contributed by atoms with van der Waals surface area (Å²) >= 11 is 0. The van der Waals surface area contributed by atoms with Crippen LogP contribution in [0.3, 0.4) is 0 Å². The lowest BCUT2D eigenvalue weighted by atomic mass is 9.90. The highest BCUT2D eigenvalue weighted by molar-refractivity contribution is 7.60. The first kappa shape index (κ1) is 107. The van der Waals surface area contributed by atoms with Crippen molar-refractivity contribution in [2.75, 3.05) is 33.3 Å². The van der Waals surface area contributed by atoms with Gasteiger partial charge >= 0.3 is 31.7 Å². The lowest BCUT2D eigenvalue weighted by Crippen LogP contribution is -2.55. The second-order valence-electron chi connectivity index (χ2n) is 37.1. The standard InChI is InChI=1S/C36H37FN2O8.C30H28FN2O6P.C25H25FN2O4.C24H23FN2O4/c37-24-13-10-21(11-14-24)28(41)17-16-27-31(39(36(46)38-27)25-4-2-1-3-5-25)26-15-12-23(18-29(26)42)20-6-8-22(9-7-20)35-34(45)33(44)32(43)30(19-40)47-35;31-22-11-6-20(7-12-22)27(34)17-16-26-29(33(30(36)32-26)23-4-2-1-3-5-23)25-15-10-21(18-28(25)35)19-8-13-24(14-9-19)40(37,38)39;1-32-19-11-12-20(23(30)15-19)24-21(13-14-22(29)16-7-9-17(26)10-8-16)27-25(31)28(24)18-5-3-2-4-6-18;25-16-8-6-15(7-9-16)21(29)13-12-20-23(19-11-10-18(28)14-22(19)30)27(24(31)26-20)17-4-2-1-3-5-17/h1-15,18,27-28,30-35,40-45H,16-17,19H2,(H,38,46);1-15,18,26-27,29,34-35H,16-17H2,(H,32,36)(H2,37,38,39);2-12,15,21-22,24,29-30H,13-14H2,1H3,(H,27,31);1-11,14,20-21,23,28-30H,12-13H2,(H,26,31)/t27-,28?,30-,31-,32-,33+,34-,35?;26-,27?,29-;21-,22?,24-;20-,21?,23-/m1111/s1. The molecule has 17 atom stereocenters. The molecule has 5 unspecified atom stereocenters. The highest BCUT2D eigenvalue weighted by Crippen LogP contribution is 2.49. The zero-order valence-electron chi connectivity index (χ0n) is 80.8. The molecule has 0 spiro atoms. The van der Waals surface area contributed by atoms with Crippen LogP contribution in [-0.4, -0.2) is 163 Å². The summed E-state index contributed by atoms with van der Waals surface area (Å²) in [6.45, 7) is -0.523. The van der Waals surface area contributed by atoms with Crippen LogP contribution in [0.25, 0.3) is 22.3 Å². The van der Waals surface area contributed by atoms with Crippen LogP contribution in [0.1, 0.15) is 156 Å². The number of anilines is 4. The van der Waals surface area contributed by atoms with E-state index in [1.165, 1.54) is 122 Å². The van der Waals surface area contributed by atoms with Crippen LogP contribution in [-0.2, 0) is 9.30 Å². The number of benzene rings is 14. The Hall–Kier alpha value is -15.5. The minimum Gasteiger partial charge on any atom is -0.508 e. The molecule has 5 heterocycles. The van der Waals surface area contributed by atoms with E-state index >= 15 is 0 Å². The molecule has 8 amide bonds. The maximum Gasteiger partial charge on any atom is 0.356 e. The van der Waals surface area contributed by atoms with Gasteiger partial charge in [-0.3, -0.25) is 24.2 Å². The van der Waals surface area contributed by atoms with Crippen LogP contribution >= 0.6 is 7.60 Å². The second kappa shape index (κ2) is 48.2. The topological polar surface area (TPSA) is 468 Å². The number of hydrogen-bond donors (Lipinski definition) is 19. The number of phenols is 5. The first-order chi connectivity index (χ1) is 72.2. The average Bonchev–Trinajstić information content (AvgIpc) is 1.62. The number of aliphatic hydroxyl groups excluding tert-OH is 8. The Morgan fingerprint density at radius 1 is 0.340 bits per heavy atom. The number of phenolic OH excluding ortho intramolecular Hbond substituents is 5. The lowest BCUT2D eigenvalue weighted by Gasteiger charge is -2.40. The van der Waals surface area contributed by atoms with Crippen molar-refractivity contribution < 1.29 is 127 Å². The molecule has 30 nitrogen and oxygen atoms in total. The average molecular weight is 2070 g/mol. The van der Waals surface area contributed by atoms with Crippen LogP contribution in [0.5, 0.6) is 34.5 Å². The zero-order valence-corrected chi connectivity index (χ0v) is 81.7. The Bertz CT molecular complexity index is 7000. The fraction of sp³-hybridized carbons (Fsp3) is 0.235. The van der Waals surface area contributed by atoms with E-state index in [9.17, 15) is 117 Å². The van der Waals surface area contributed by atoms with Crippen LogP contribution in [0.15, 0.2) is 340 Å². The third kappa shape index (κ3) is 25.0. The summed E-state index contributed by atoms with van der Waals surface area (Å²) in [6, 6.07) is 86.3. The smallest absolute Gasteiger partial charge is 0.356 e. The summed E-state index contributed by atoms with van der Waals surface area (Å²) in [6.07, 6.45) is -6.82. The van der Waals surface area contributed by atoms with E-state index in [-0.39, 0.29) is 82.3 Å². The van der Waals surface area contributed by atoms with Crippen molar-refractivity contribution >= 4 is 59.8 Å². The van der Waals surface area contributed by atoms with Gasteiger partial charge in [0.2, 0.25) is 0 Å². The SMILES string of the molecule is COc1ccc([C@@H]2[C@@H](CCC(O)c3ccc(F)cc3)NC(=O)N2c2ccccc2)c(O)c1.O=C1N[C@H](CCC(O)c2ccc(F)cc2)[C@@H](c2ccc(-c3ccc(C4O[C@H](CO)[C@@H](O)[C@H](O)[C@H]4O)cc3)cc2O)N1c1ccccc1.O=C1N[C@H](CCC(O)c2ccc(F)cc2)[C@@H](c2ccc(-c3ccc(P(=O)(O)O)cc3)cc2O)N1c1ccccc1.O=C1N[C@H](CCC(O)c2ccc(F)cc2)[C@@H](c2ccc(O)cc2O)N1c1ccccc1. The molecule has 19 N–H and O–H groups in total. The molecule has 5 aliphatic rings. The van der Waals surface area contributed by atoms with Gasteiger partial charge in [0.05, 0.1) is 91.8 Å². The number of carbonyl (C=O) groups excluding carboxylic acids is 4. The fourth-order valence-corrected chi connectivity index (χ4v) is 20.3. The molecule has 14 aromatic rings. The first-order valence-electron chi connectivity index (χ1n) is 48.6. The molecule has 0 saturated carbocycles. The number of urea groups is 4.